The Hall–Kier alpha value is -2.99. The smallest absolute Gasteiger partial charge is 0.224 e. The van der Waals surface area contributed by atoms with Gasteiger partial charge < -0.3 is 15.0 Å². The molecule has 1 atom stereocenters. The van der Waals surface area contributed by atoms with E-state index in [1.807, 2.05) is 48.5 Å². The molecule has 0 unspecified atom stereocenters. The van der Waals surface area contributed by atoms with Crippen LogP contribution >= 0.6 is 11.6 Å². The highest BCUT2D eigenvalue weighted by Gasteiger charge is 2.23. The van der Waals surface area contributed by atoms with Gasteiger partial charge in [0.1, 0.15) is 5.75 Å². The second kappa shape index (κ2) is 9.22. The Labute approximate surface area is 181 Å². The second-order valence-electron chi connectivity index (χ2n) is 7.52. The van der Waals surface area contributed by atoms with E-state index in [2.05, 4.69) is 26.5 Å². The third-order valence-electron chi connectivity index (χ3n) is 5.35. The fraction of sp³-hybridized carbons (Fsp3) is 0.304. The van der Waals surface area contributed by atoms with Crippen molar-refractivity contribution in [1.29, 1.82) is 0 Å². The van der Waals surface area contributed by atoms with E-state index in [1.54, 1.807) is 7.11 Å². The number of carbonyl (C=O) groups is 1. The topological polar surface area (TPSA) is 70.2 Å². The van der Waals surface area contributed by atoms with Crippen LogP contribution in [0.25, 0.3) is 11.3 Å². The van der Waals surface area contributed by atoms with Gasteiger partial charge in [0.15, 0.2) is 5.82 Å². The van der Waals surface area contributed by atoms with Crippen molar-refractivity contribution in [3.63, 3.8) is 0 Å². The van der Waals surface area contributed by atoms with Gasteiger partial charge in [-0.2, -0.15) is 5.10 Å². The van der Waals surface area contributed by atoms with Gasteiger partial charge in [-0.3, -0.25) is 9.89 Å². The summed E-state index contributed by atoms with van der Waals surface area (Å²) in [6.45, 7) is 1.68. The van der Waals surface area contributed by atoms with Crippen LogP contribution in [0.5, 0.6) is 5.75 Å². The third-order valence-corrected chi connectivity index (χ3v) is 5.61. The molecule has 1 saturated heterocycles. The molecule has 156 valence electrons. The predicted octanol–water partition coefficient (Wildman–Crippen LogP) is 4.07. The van der Waals surface area contributed by atoms with Gasteiger partial charge in [-0.25, -0.2) is 0 Å². The first-order valence-electron chi connectivity index (χ1n) is 10.1. The van der Waals surface area contributed by atoms with Crippen LogP contribution < -0.4 is 15.0 Å². The summed E-state index contributed by atoms with van der Waals surface area (Å²) in [5.41, 5.74) is 2.97. The Morgan fingerprint density at radius 1 is 1.23 bits per heavy atom. The minimum Gasteiger partial charge on any atom is -0.497 e. The van der Waals surface area contributed by atoms with Gasteiger partial charge in [-0.05, 0) is 60.4 Å². The number of H-pyrrole nitrogens is 1. The van der Waals surface area contributed by atoms with Gasteiger partial charge in [-0.15, -0.1) is 0 Å². The van der Waals surface area contributed by atoms with Crippen LogP contribution in [0.2, 0.25) is 5.02 Å². The van der Waals surface area contributed by atoms with Crippen molar-refractivity contribution in [2.75, 3.05) is 25.1 Å². The molecule has 0 radical (unpaired) electrons. The van der Waals surface area contributed by atoms with Crippen molar-refractivity contribution in [2.24, 2.45) is 0 Å². The Morgan fingerprint density at radius 2 is 2.00 bits per heavy atom. The van der Waals surface area contributed by atoms with Gasteiger partial charge in [0.25, 0.3) is 0 Å². The molecule has 0 bridgehead atoms. The van der Waals surface area contributed by atoms with Crippen LogP contribution in [0, 0.1) is 0 Å². The Balaban J connectivity index is 1.36. The van der Waals surface area contributed by atoms with Gasteiger partial charge in [0.05, 0.1) is 19.2 Å². The first-order chi connectivity index (χ1) is 14.6. The summed E-state index contributed by atoms with van der Waals surface area (Å²) in [5, 5.41) is 11.5. The molecule has 0 aliphatic carbocycles. The maximum absolute atomic E-state index is 12.5. The lowest BCUT2D eigenvalue weighted by atomic mass is 10.0. The molecule has 7 heteroatoms. The van der Waals surface area contributed by atoms with Crippen LogP contribution in [-0.2, 0) is 11.2 Å². The predicted molar refractivity (Wildman–Crippen MR) is 119 cm³/mol. The number of halogens is 1. The van der Waals surface area contributed by atoms with Crippen molar-refractivity contribution in [3.8, 4) is 17.0 Å². The molecule has 2 aromatic carbocycles. The normalized spacial score (nSPS) is 16.3. The zero-order valence-electron chi connectivity index (χ0n) is 16.9. The lowest BCUT2D eigenvalue weighted by Gasteiger charge is -2.33. The summed E-state index contributed by atoms with van der Waals surface area (Å²) in [6, 6.07) is 17.4. The SMILES string of the molecule is COc1ccc(-c2cc(N3CCC[C@@H](NC(=O)Cc4ccc(Cl)cc4)C3)n[nH]2)cc1. The number of aromatic nitrogens is 2. The number of hydrogen-bond donors (Lipinski definition) is 2. The molecule has 3 aromatic rings. The van der Waals surface area contributed by atoms with E-state index in [9.17, 15) is 4.79 Å². The van der Waals surface area contributed by atoms with E-state index in [-0.39, 0.29) is 11.9 Å². The fourth-order valence-electron chi connectivity index (χ4n) is 3.76. The summed E-state index contributed by atoms with van der Waals surface area (Å²) >= 11 is 5.91. The molecule has 1 amide bonds. The van der Waals surface area contributed by atoms with Gasteiger partial charge in [0, 0.05) is 30.2 Å². The van der Waals surface area contributed by atoms with Gasteiger partial charge in [-0.1, -0.05) is 23.7 Å². The van der Waals surface area contributed by atoms with Crippen LogP contribution in [0.3, 0.4) is 0 Å². The molecule has 1 aliphatic rings. The molecule has 2 N–H and O–H groups in total. The Morgan fingerprint density at radius 3 is 2.73 bits per heavy atom. The quantitative estimate of drug-likeness (QED) is 0.625. The number of carbonyl (C=O) groups excluding carboxylic acids is 1. The lowest BCUT2D eigenvalue weighted by Crippen LogP contribution is -2.48. The highest BCUT2D eigenvalue weighted by Crippen LogP contribution is 2.25. The van der Waals surface area contributed by atoms with E-state index in [0.717, 1.165) is 54.3 Å². The number of ether oxygens (including phenoxy) is 1. The zero-order chi connectivity index (χ0) is 20.9. The highest BCUT2D eigenvalue weighted by molar-refractivity contribution is 6.30. The largest absolute Gasteiger partial charge is 0.497 e. The average Bonchev–Trinajstić information content (AvgIpc) is 3.26. The number of amides is 1. The lowest BCUT2D eigenvalue weighted by molar-refractivity contribution is -0.121. The van der Waals surface area contributed by atoms with Crippen molar-refractivity contribution >= 4 is 23.3 Å². The van der Waals surface area contributed by atoms with E-state index < -0.39 is 0 Å². The number of piperidine rings is 1. The monoisotopic (exact) mass is 424 g/mol. The summed E-state index contributed by atoms with van der Waals surface area (Å²) < 4.78 is 5.22. The van der Waals surface area contributed by atoms with Crippen LogP contribution in [-0.4, -0.2) is 42.3 Å². The van der Waals surface area contributed by atoms with E-state index in [4.69, 9.17) is 16.3 Å². The first kappa shape index (κ1) is 20.3. The summed E-state index contributed by atoms with van der Waals surface area (Å²) in [5.74, 6) is 1.76. The van der Waals surface area contributed by atoms with E-state index in [0.29, 0.717) is 11.4 Å². The number of anilines is 1. The average molecular weight is 425 g/mol. The fourth-order valence-corrected chi connectivity index (χ4v) is 3.89. The molecule has 1 fully saturated rings. The zero-order valence-corrected chi connectivity index (χ0v) is 17.7. The summed E-state index contributed by atoms with van der Waals surface area (Å²) in [6.07, 6.45) is 2.34. The number of nitrogens with zero attached hydrogens (tertiary/aromatic N) is 2. The molecule has 2 heterocycles. The number of benzene rings is 2. The standard InChI is InChI=1S/C23H25ClN4O2/c1-30-20-10-6-17(7-11-20)21-14-22(27-26-21)28-12-2-3-19(15-28)25-23(29)13-16-4-8-18(24)9-5-16/h4-11,14,19H,2-3,12-13,15H2,1H3,(H,25,29)(H,26,27)/t19-/m1/s1. The van der Waals surface area contributed by atoms with Crippen molar-refractivity contribution in [2.45, 2.75) is 25.3 Å². The molecule has 1 aromatic heterocycles. The molecule has 1 aliphatic heterocycles. The van der Waals surface area contributed by atoms with Crippen molar-refractivity contribution < 1.29 is 9.53 Å². The van der Waals surface area contributed by atoms with Crippen molar-refractivity contribution in [3.05, 3.63) is 65.2 Å². The van der Waals surface area contributed by atoms with Crippen LogP contribution in [0.15, 0.2) is 54.6 Å². The first-order valence-corrected chi connectivity index (χ1v) is 10.5. The molecule has 6 nitrogen and oxygen atoms in total. The molecule has 0 spiro atoms. The molecule has 0 saturated carbocycles. The summed E-state index contributed by atoms with van der Waals surface area (Å²) in [4.78, 5) is 14.7. The molecular weight excluding hydrogens is 400 g/mol. The number of aromatic amines is 1. The molecule has 30 heavy (non-hydrogen) atoms. The minimum atomic E-state index is 0.0325. The molecule has 4 rings (SSSR count). The number of hydrogen-bond acceptors (Lipinski definition) is 4. The van der Waals surface area contributed by atoms with Crippen LogP contribution in [0.1, 0.15) is 18.4 Å². The number of methoxy groups -OCH3 is 1. The van der Waals surface area contributed by atoms with Gasteiger partial charge >= 0.3 is 0 Å². The minimum absolute atomic E-state index is 0.0325. The maximum Gasteiger partial charge on any atom is 0.224 e. The van der Waals surface area contributed by atoms with Crippen LogP contribution in [0.4, 0.5) is 5.82 Å². The van der Waals surface area contributed by atoms with Gasteiger partial charge in [0.2, 0.25) is 5.91 Å². The van der Waals surface area contributed by atoms with E-state index >= 15 is 0 Å². The highest BCUT2D eigenvalue weighted by atomic mass is 35.5. The van der Waals surface area contributed by atoms with Crippen molar-refractivity contribution in [1.82, 2.24) is 15.5 Å². The molecular formula is C23H25ClN4O2. The Kier molecular flexibility index (Phi) is 6.23. The summed E-state index contributed by atoms with van der Waals surface area (Å²) in [7, 11) is 1.66. The number of nitrogens with one attached hydrogen (secondary N) is 2. The second-order valence-corrected chi connectivity index (χ2v) is 7.96. The number of rotatable bonds is 6. The maximum atomic E-state index is 12.5. The van der Waals surface area contributed by atoms with E-state index in [1.165, 1.54) is 0 Å². The Bertz CT molecular complexity index is 985. The third kappa shape index (κ3) is 4.94.